The van der Waals surface area contributed by atoms with Gasteiger partial charge < -0.3 is 16.4 Å². The summed E-state index contributed by atoms with van der Waals surface area (Å²) in [6.07, 6.45) is 0. The molecule has 0 spiro atoms. The summed E-state index contributed by atoms with van der Waals surface area (Å²) in [6, 6.07) is 8.13. The molecule has 0 bridgehead atoms. The molecule has 5 nitrogen and oxygen atoms in total. The van der Waals surface area contributed by atoms with Crippen molar-refractivity contribution in [1.29, 1.82) is 0 Å². The number of nitrogen functional groups attached to an aromatic ring is 1. The fourth-order valence-corrected chi connectivity index (χ4v) is 1.87. The standard InChI is InChI=1S/C14H18FN5/c1-3-17-12-8-13(20-14(16)19-12)18-9(2)10-4-6-11(15)7-5-10/h4-9H,3H2,1-2H3,(H4,16,17,18,19,20). The Hall–Kier alpha value is -2.37. The molecule has 0 radical (unpaired) electrons. The number of nitrogens with zero attached hydrogens (tertiary/aromatic N) is 2. The molecule has 0 aliphatic rings. The van der Waals surface area contributed by atoms with Crippen LogP contribution >= 0.6 is 0 Å². The molecule has 106 valence electrons. The van der Waals surface area contributed by atoms with Crippen LogP contribution in [-0.4, -0.2) is 16.5 Å². The first-order valence-corrected chi connectivity index (χ1v) is 6.49. The molecular weight excluding hydrogens is 257 g/mol. The summed E-state index contributed by atoms with van der Waals surface area (Å²) in [5, 5.41) is 6.31. The van der Waals surface area contributed by atoms with Crippen LogP contribution in [0.1, 0.15) is 25.5 Å². The highest BCUT2D eigenvalue weighted by atomic mass is 19.1. The minimum Gasteiger partial charge on any atom is -0.370 e. The van der Waals surface area contributed by atoms with Gasteiger partial charge in [-0.1, -0.05) is 12.1 Å². The van der Waals surface area contributed by atoms with Gasteiger partial charge in [0.15, 0.2) is 0 Å². The lowest BCUT2D eigenvalue weighted by atomic mass is 10.1. The van der Waals surface area contributed by atoms with Crippen molar-refractivity contribution < 1.29 is 4.39 Å². The van der Waals surface area contributed by atoms with Gasteiger partial charge in [-0.25, -0.2) is 4.39 Å². The van der Waals surface area contributed by atoms with Crippen LogP contribution in [0.3, 0.4) is 0 Å². The van der Waals surface area contributed by atoms with Crippen molar-refractivity contribution in [3.8, 4) is 0 Å². The molecule has 2 aromatic rings. The van der Waals surface area contributed by atoms with Crippen LogP contribution in [0.5, 0.6) is 0 Å². The van der Waals surface area contributed by atoms with Gasteiger partial charge in [0.05, 0.1) is 0 Å². The van der Waals surface area contributed by atoms with E-state index < -0.39 is 0 Å². The van der Waals surface area contributed by atoms with Gasteiger partial charge in [-0.3, -0.25) is 0 Å². The van der Waals surface area contributed by atoms with Crippen LogP contribution in [0.4, 0.5) is 22.0 Å². The molecule has 0 amide bonds. The van der Waals surface area contributed by atoms with Gasteiger partial charge >= 0.3 is 0 Å². The molecule has 0 saturated carbocycles. The number of benzene rings is 1. The highest BCUT2D eigenvalue weighted by Crippen LogP contribution is 2.20. The maximum absolute atomic E-state index is 12.9. The monoisotopic (exact) mass is 275 g/mol. The summed E-state index contributed by atoms with van der Waals surface area (Å²) < 4.78 is 12.9. The molecule has 1 heterocycles. The number of nitrogens with one attached hydrogen (secondary N) is 2. The molecular formula is C14H18FN5. The molecule has 2 rings (SSSR count). The Morgan fingerprint density at radius 2 is 1.85 bits per heavy atom. The number of rotatable bonds is 5. The van der Waals surface area contributed by atoms with Gasteiger partial charge in [-0.15, -0.1) is 0 Å². The van der Waals surface area contributed by atoms with Crippen molar-refractivity contribution in [2.75, 3.05) is 22.9 Å². The van der Waals surface area contributed by atoms with Gasteiger partial charge in [0.25, 0.3) is 0 Å². The Morgan fingerprint density at radius 1 is 1.20 bits per heavy atom. The first kappa shape index (κ1) is 14.0. The van der Waals surface area contributed by atoms with E-state index in [0.29, 0.717) is 11.6 Å². The fraction of sp³-hybridized carbons (Fsp3) is 0.286. The van der Waals surface area contributed by atoms with E-state index in [-0.39, 0.29) is 17.8 Å². The molecule has 0 aliphatic carbocycles. The summed E-state index contributed by atoms with van der Waals surface area (Å²) in [4.78, 5) is 8.22. The number of hydrogen-bond acceptors (Lipinski definition) is 5. The summed E-state index contributed by atoms with van der Waals surface area (Å²) >= 11 is 0. The number of nitrogens with two attached hydrogens (primary N) is 1. The largest absolute Gasteiger partial charge is 0.370 e. The fourth-order valence-electron chi connectivity index (χ4n) is 1.87. The summed E-state index contributed by atoms with van der Waals surface area (Å²) in [6.45, 7) is 4.70. The number of halogens is 1. The van der Waals surface area contributed by atoms with E-state index in [1.807, 2.05) is 13.8 Å². The van der Waals surface area contributed by atoms with Crippen LogP contribution in [0, 0.1) is 5.82 Å². The van der Waals surface area contributed by atoms with Crippen molar-refractivity contribution in [1.82, 2.24) is 9.97 Å². The summed E-state index contributed by atoms with van der Waals surface area (Å²) in [5.41, 5.74) is 6.64. The predicted octanol–water partition coefficient (Wildman–Crippen LogP) is 2.80. The Labute approximate surface area is 117 Å². The molecule has 1 aromatic carbocycles. The molecule has 1 aromatic heterocycles. The lowest BCUT2D eigenvalue weighted by molar-refractivity contribution is 0.626. The van der Waals surface area contributed by atoms with Crippen molar-refractivity contribution in [2.45, 2.75) is 19.9 Å². The zero-order valence-corrected chi connectivity index (χ0v) is 11.5. The van der Waals surface area contributed by atoms with Crippen LogP contribution in [0.25, 0.3) is 0 Å². The van der Waals surface area contributed by atoms with Gasteiger partial charge in [0.2, 0.25) is 5.95 Å². The third kappa shape index (κ3) is 3.57. The van der Waals surface area contributed by atoms with Crippen molar-refractivity contribution in [3.63, 3.8) is 0 Å². The normalized spacial score (nSPS) is 11.9. The SMILES string of the molecule is CCNc1cc(NC(C)c2ccc(F)cc2)nc(N)n1. The third-order valence-electron chi connectivity index (χ3n) is 2.84. The molecule has 20 heavy (non-hydrogen) atoms. The van der Waals surface area contributed by atoms with E-state index in [2.05, 4.69) is 20.6 Å². The van der Waals surface area contributed by atoms with E-state index >= 15 is 0 Å². The lowest BCUT2D eigenvalue weighted by Crippen LogP contribution is -2.11. The second-order valence-electron chi connectivity index (χ2n) is 4.44. The van der Waals surface area contributed by atoms with E-state index in [9.17, 15) is 4.39 Å². The topological polar surface area (TPSA) is 75.9 Å². The Morgan fingerprint density at radius 3 is 2.50 bits per heavy atom. The van der Waals surface area contributed by atoms with Crippen LogP contribution in [-0.2, 0) is 0 Å². The third-order valence-corrected chi connectivity index (χ3v) is 2.84. The first-order valence-electron chi connectivity index (χ1n) is 6.49. The second-order valence-corrected chi connectivity index (χ2v) is 4.44. The Bertz CT molecular complexity index is 570. The van der Waals surface area contributed by atoms with Gasteiger partial charge in [0, 0.05) is 18.7 Å². The smallest absolute Gasteiger partial charge is 0.223 e. The first-order chi connectivity index (χ1) is 9.58. The summed E-state index contributed by atoms with van der Waals surface area (Å²) in [5.74, 6) is 1.26. The zero-order chi connectivity index (χ0) is 14.5. The average molecular weight is 275 g/mol. The molecule has 6 heteroatoms. The molecule has 0 saturated heterocycles. The molecule has 4 N–H and O–H groups in total. The van der Waals surface area contributed by atoms with Crippen LogP contribution in [0.2, 0.25) is 0 Å². The van der Waals surface area contributed by atoms with E-state index in [1.165, 1.54) is 12.1 Å². The van der Waals surface area contributed by atoms with Crippen LogP contribution in [0.15, 0.2) is 30.3 Å². The maximum atomic E-state index is 12.9. The number of aromatic nitrogens is 2. The van der Waals surface area contributed by atoms with Gasteiger partial charge in [0.1, 0.15) is 17.5 Å². The predicted molar refractivity (Wildman–Crippen MR) is 79.0 cm³/mol. The molecule has 0 aliphatic heterocycles. The minimum atomic E-state index is -0.248. The quantitative estimate of drug-likeness (QED) is 0.782. The molecule has 1 atom stereocenters. The molecule has 0 fully saturated rings. The Balaban J connectivity index is 2.14. The Kier molecular flexibility index (Phi) is 4.34. The number of hydrogen-bond donors (Lipinski definition) is 3. The van der Waals surface area contributed by atoms with Gasteiger partial charge in [-0.2, -0.15) is 9.97 Å². The van der Waals surface area contributed by atoms with Crippen molar-refractivity contribution in [3.05, 3.63) is 41.7 Å². The second kappa shape index (κ2) is 6.18. The van der Waals surface area contributed by atoms with Gasteiger partial charge in [-0.05, 0) is 31.5 Å². The van der Waals surface area contributed by atoms with Crippen molar-refractivity contribution in [2.24, 2.45) is 0 Å². The maximum Gasteiger partial charge on any atom is 0.223 e. The van der Waals surface area contributed by atoms with Crippen LogP contribution < -0.4 is 16.4 Å². The lowest BCUT2D eigenvalue weighted by Gasteiger charge is -2.16. The van der Waals surface area contributed by atoms with E-state index in [1.54, 1.807) is 18.2 Å². The number of anilines is 3. The molecule has 1 unspecified atom stereocenters. The average Bonchev–Trinajstić information content (AvgIpc) is 2.39. The highest BCUT2D eigenvalue weighted by molar-refractivity contribution is 5.51. The van der Waals surface area contributed by atoms with Crippen molar-refractivity contribution >= 4 is 17.6 Å². The summed E-state index contributed by atoms with van der Waals surface area (Å²) in [7, 11) is 0. The minimum absolute atomic E-state index is 0.0145. The zero-order valence-electron chi connectivity index (χ0n) is 11.5. The highest BCUT2D eigenvalue weighted by Gasteiger charge is 2.08. The van der Waals surface area contributed by atoms with E-state index in [4.69, 9.17) is 5.73 Å². The van der Waals surface area contributed by atoms with E-state index in [0.717, 1.165) is 12.1 Å².